The molecule has 5 heteroatoms. The number of likely N-dealkylation sites (tertiary alicyclic amines) is 1. The maximum absolute atomic E-state index is 12.0. The Kier molecular flexibility index (Phi) is 4.72. The van der Waals surface area contributed by atoms with Crippen LogP contribution in [0.15, 0.2) is 47.1 Å². The third-order valence-electron chi connectivity index (χ3n) is 5.58. The number of rotatable bonds is 4. The number of hydrogen-bond donors (Lipinski definition) is 1. The number of carbonyl (C=O) groups is 1. The summed E-state index contributed by atoms with van der Waals surface area (Å²) >= 11 is 0. The number of benzene rings is 1. The van der Waals surface area contributed by atoms with Crippen LogP contribution in [-0.4, -0.2) is 29.5 Å². The molecule has 2 aliphatic heterocycles. The maximum atomic E-state index is 12.0. The average Bonchev–Trinajstić information content (AvgIpc) is 3.17. The van der Waals surface area contributed by atoms with Crippen molar-refractivity contribution in [2.45, 2.75) is 50.8 Å². The molecule has 1 N–H and O–H groups in total. The van der Waals surface area contributed by atoms with Crippen molar-refractivity contribution in [2.75, 3.05) is 13.1 Å². The molecule has 5 nitrogen and oxygen atoms in total. The first-order valence-corrected chi connectivity index (χ1v) is 9.49. The zero-order chi connectivity index (χ0) is 18.0. The van der Waals surface area contributed by atoms with Crippen LogP contribution in [0.3, 0.4) is 0 Å². The third-order valence-corrected chi connectivity index (χ3v) is 5.58. The topological polar surface area (TPSA) is 54.7 Å². The molecule has 138 valence electrons. The number of amides is 1. The molecule has 1 aromatic carbocycles. The van der Waals surface area contributed by atoms with Crippen LogP contribution in [-0.2, 0) is 11.3 Å². The van der Waals surface area contributed by atoms with E-state index >= 15 is 0 Å². The van der Waals surface area contributed by atoms with E-state index in [1.165, 1.54) is 0 Å². The molecule has 0 saturated carbocycles. The van der Waals surface area contributed by atoms with Gasteiger partial charge in [0.15, 0.2) is 0 Å². The fourth-order valence-electron chi connectivity index (χ4n) is 4.09. The van der Waals surface area contributed by atoms with Gasteiger partial charge in [0.25, 0.3) is 0 Å². The first-order chi connectivity index (χ1) is 12.7. The quantitative estimate of drug-likeness (QED) is 0.910. The number of para-hydroxylation sites is 1. The van der Waals surface area contributed by atoms with E-state index in [0.29, 0.717) is 6.42 Å². The normalized spacial score (nSPS) is 21.8. The fourth-order valence-corrected chi connectivity index (χ4v) is 4.09. The Morgan fingerprint density at radius 2 is 2.04 bits per heavy atom. The number of nitrogens with zero attached hydrogens (tertiary/aromatic N) is 1. The summed E-state index contributed by atoms with van der Waals surface area (Å²) < 4.78 is 12.0. The number of furan rings is 1. The molecule has 1 aromatic heterocycles. The number of ether oxygens (including phenoxy) is 1. The van der Waals surface area contributed by atoms with Crippen molar-refractivity contribution in [3.8, 4) is 5.75 Å². The Labute approximate surface area is 154 Å². The van der Waals surface area contributed by atoms with Crippen LogP contribution in [0.1, 0.15) is 50.0 Å². The van der Waals surface area contributed by atoms with E-state index in [-0.39, 0.29) is 17.6 Å². The standard InChI is InChI=1S/C21H26N2O3/c1-2-20(24)22-18-14-21(26-19-8-4-3-7-17(18)19)9-11-23(12-10-21)15-16-6-5-13-25-16/h3-8,13,18H,2,9-12,14-15H2,1H3,(H,22,24)/t18-/m1/s1. The SMILES string of the molecule is CCC(=O)N[C@@H]1CC2(CCN(Cc3ccco3)CC2)Oc2ccccc21. The van der Waals surface area contributed by atoms with E-state index in [1.54, 1.807) is 6.26 Å². The maximum Gasteiger partial charge on any atom is 0.220 e. The highest BCUT2D eigenvalue weighted by molar-refractivity contribution is 5.76. The van der Waals surface area contributed by atoms with Crippen LogP contribution in [0.25, 0.3) is 0 Å². The predicted molar refractivity (Wildman–Crippen MR) is 98.8 cm³/mol. The Morgan fingerprint density at radius 1 is 1.23 bits per heavy atom. The van der Waals surface area contributed by atoms with Crippen molar-refractivity contribution < 1.29 is 13.9 Å². The Balaban J connectivity index is 1.48. The summed E-state index contributed by atoms with van der Waals surface area (Å²) in [6, 6.07) is 12.1. The van der Waals surface area contributed by atoms with Crippen molar-refractivity contribution in [1.29, 1.82) is 0 Å². The molecule has 2 aliphatic rings. The lowest BCUT2D eigenvalue weighted by molar-refractivity contribution is -0.122. The van der Waals surface area contributed by atoms with Crippen molar-refractivity contribution >= 4 is 5.91 Å². The van der Waals surface area contributed by atoms with Crippen LogP contribution in [0.2, 0.25) is 0 Å². The van der Waals surface area contributed by atoms with Gasteiger partial charge in [-0.05, 0) is 31.0 Å². The molecule has 1 atom stereocenters. The minimum Gasteiger partial charge on any atom is -0.487 e. The second-order valence-corrected chi connectivity index (χ2v) is 7.36. The Bertz CT molecular complexity index is 748. The molecule has 1 fully saturated rings. The molecule has 26 heavy (non-hydrogen) atoms. The van der Waals surface area contributed by atoms with E-state index < -0.39 is 0 Å². The van der Waals surface area contributed by atoms with E-state index in [1.807, 2.05) is 37.3 Å². The van der Waals surface area contributed by atoms with Gasteiger partial charge in [-0.2, -0.15) is 0 Å². The molecule has 3 heterocycles. The van der Waals surface area contributed by atoms with Gasteiger partial charge in [0.05, 0.1) is 18.8 Å². The van der Waals surface area contributed by atoms with E-state index in [2.05, 4.69) is 16.3 Å². The van der Waals surface area contributed by atoms with Crippen molar-refractivity contribution in [3.63, 3.8) is 0 Å². The predicted octanol–water partition coefficient (Wildman–Crippen LogP) is 3.66. The summed E-state index contributed by atoms with van der Waals surface area (Å²) in [5.74, 6) is 2.01. The van der Waals surface area contributed by atoms with Gasteiger partial charge in [-0.3, -0.25) is 9.69 Å². The highest BCUT2D eigenvalue weighted by Crippen LogP contribution is 2.44. The van der Waals surface area contributed by atoms with E-state index in [0.717, 1.165) is 56.0 Å². The first-order valence-electron chi connectivity index (χ1n) is 9.49. The molecule has 1 spiro atoms. The zero-order valence-electron chi connectivity index (χ0n) is 15.2. The van der Waals surface area contributed by atoms with Gasteiger partial charge in [0.1, 0.15) is 17.1 Å². The summed E-state index contributed by atoms with van der Waals surface area (Å²) in [4.78, 5) is 14.4. The van der Waals surface area contributed by atoms with Gasteiger partial charge >= 0.3 is 0 Å². The third kappa shape index (κ3) is 3.49. The molecule has 1 saturated heterocycles. The zero-order valence-corrected chi connectivity index (χ0v) is 15.2. The monoisotopic (exact) mass is 354 g/mol. The van der Waals surface area contributed by atoms with Crippen LogP contribution in [0, 0.1) is 0 Å². The highest BCUT2D eigenvalue weighted by atomic mass is 16.5. The van der Waals surface area contributed by atoms with E-state index in [4.69, 9.17) is 9.15 Å². The highest BCUT2D eigenvalue weighted by Gasteiger charge is 2.43. The van der Waals surface area contributed by atoms with Crippen LogP contribution >= 0.6 is 0 Å². The van der Waals surface area contributed by atoms with Crippen molar-refractivity contribution in [3.05, 3.63) is 54.0 Å². The Hall–Kier alpha value is -2.27. The summed E-state index contributed by atoms with van der Waals surface area (Å²) in [6.07, 6.45) is 4.98. The van der Waals surface area contributed by atoms with Gasteiger partial charge < -0.3 is 14.5 Å². The minimum atomic E-state index is -0.195. The molecular weight excluding hydrogens is 328 g/mol. The number of carbonyl (C=O) groups excluding carboxylic acids is 1. The number of piperidine rings is 1. The van der Waals surface area contributed by atoms with Gasteiger partial charge in [-0.1, -0.05) is 25.1 Å². The molecular formula is C21H26N2O3. The summed E-state index contributed by atoms with van der Waals surface area (Å²) in [6.45, 7) is 4.67. The molecule has 0 bridgehead atoms. The molecule has 0 unspecified atom stereocenters. The van der Waals surface area contributed by atoms with E-state index in [9.17, 15) is 4.79 Å². The lowest BCUT2D eigenvalue weighted by Gasteiger charge is -2.47. The average molecular weight is 354 g/mol. The largest absolute Gasteiger partial charge is 0.487 e. The molecule has 0 aliphatic carbocycles. The molecule has 4 rings (SSSR count). The molecule has 1 amide bonds. The number of fused-ring (bicyclic) bond motifs is 1. The minimum absolute atomic E-state index is 0.0315. The molecule has 2 aromatic rings. The van der Waals surface area contributed by atoms with Crippen molar-refractivity contribution in [2.24, 2.45) is 0 Å². The summed E-state index contributed by atoms with van der Waals surface area (Å²) in [7, 11) is 0. The first kappa shape index (κ1) is 17.2. The second-order valence-electron chi connectivity index (χ2n) is 7.36. The Morgan fingerprint density at radius 3 is 2.77 bits per heavy atom. The smallest absolute Gasteiger partial charge is 0.220 e. The number of hydrogen-bond acceptors (Lipinski definition) is 4. The van der Waals surface area contributed by atoms with Gasteiger partial charge in [-0.15, -0.1) is 0 Å². The van der Waals surface area contributed by atoms with Gasteiger partial charge in [-0.25, -0.2) is 0 Å². The van der Waals surface area contributed by atoms with Crippen molar-refractivity contribution in [1.82, 2.24) is 10.2 Å². The molecule has 0 radical (unpaired) electrons. The number of nitrogens with one attached hydrogen (secondary N) is 1. The second kappa shape index (κ2) is 7.16. The van der Waals surface area contributed by atoms with Crippen LogP contribution in [0.4, 0.5) is 0 Å². The van der Waals surface area contributed by atoms with Gasteiger partial charge in [0.2, 0.25) is 5.91 Å². The van der Waals surface area contributed by atoms with Gasteiger partial charge in [0, 0.05) is 31.5 Å². The van der Waals surface area contributed by atoms with Crippen LogP contribution < -0.4 is 10.1 Å². The lowest BCUT2D eigenvalue weighted by atomic mass is 9.80. The lowest BCUT2D eigenvalue weighted by Crippen LogP contribution is -2.52. The van der Waals surface area contributed by atoms with Crippen LogP contribution in [0.5, 0.6) is 5.75 Å². The fraction of sp³-hybridized carbons (Fsp3) is 0.476. The summed E-state index contributed by atoms with van der Waals surface area (Å²) in [5, 5.41) is 3.20. The summed E-state index contributed by atoms with van der Waals surface area (Å²) in [5.41, 5.74) is 0.901.